The summed E-state index contributed by atoms with van der Waals surface area (Å²) in [5, 5.41) is 15.3. The summed E-state index contributed by atoms with van der Waals surface area (Å²) in [5.41, 5.74) is 2.65. The van der Waals surface area contributed by atoms with Gasteiger partial charge >= 0.3 is 0 Å². The molecule has 0 aliphatic heterocycles. The Kier molecular flexibility index (Phi) is 5.30. The van der Waals surface area contributed by atoms with Crippen molar-refractivity contribution in [2.75, 3.05) is 7.05 Å². The molecule has 2 N–H and O–H groups in total. The quantitative estimate of drug-likeness (QED) is 0.661. The number of hydrogen-bond acceptors (Lipinski definition) is 3. The van der Waals surface area contributed by atoms with E-state index in [9.17, 15) is 0 Å². The van der Waals surface area contributed by atoms with Crippen molar-refractivity contribution in [2.24, 2.45) is 4.99 Å². The van der Waals surface area contributed by atoms with Crippen LogP contribution in [0.3, 0.4) is 0 Å². The van der Waals surface area contributed by atoms with Crippen LogP contribution in [-0.2, 0) is 13.1 Å². The van der Waals surface area contributed by atoms with Crippen LogP contribution in [0, 0.1) is 11.3 Å². The number of nitrogens with one attached hydrogen (secondary N) is 2. The molecule has 0 amide bonds. The highest BCUT2D eigenvalue weighted by atomic mass is 15.2. The number of nitriles is 1. The minimum atomic E-state index is 0.609. The highest BCUT2D eigenvalue weighted by Gasteiger charge is 2.00. The number of aliphatic imine (C=N–C) groups is 1. The Morgan fingerprint density at radius 1 is 1.19 bits per heavy atom. The maximum atomic E-state index is 8.88. The van der Waals surface area contributed by atoms with E-state index < -0.39 is 0 Å². The Morgan fingerprint density at radius 3 is 2.76 bits per heavy atom. The molecule has 0 aliphatic carbocycles. The summed E-state index contributed by atoms with van der Waals surface area (Å²) in [6.07, 6.45) is 1.76. The van der Waals surface area contributed by atoms with Crippen molar-refractivity contribution in [1.82, 2.24) is 15.6 Å². The number of nitrogens with zero attached hydrogens (tertiary/aromatic N) is 3. The van der Waals surface area contributed by atoms with E-state index in [-0.39, 0.29) is 0 Å². The molecule has 0 saturated carbocycles. The van der Waals surface area contributed by atoms with E-state index in [1.54, 1.807) is 19.3 Å². The average Bonchev–Trinajstić information content (AvgIpc) is 2.56. The fourth-order valence-electron chi connectivity index (χ4n) is 1.83. The van der Waals surface area contributed by atoms with Gasteiger partial charge in [-0.2, -0.15) is 5.26 Å². The van der Waals surface area contributed by atoms with E-state index >= 15 is 0 Å². The number of hydrogen-bond donors (Lipinski definition) is 2. The van der Waals surface area contributed by atoms with Crippen molar-refractivity contribution in [3.63, 3.8) is 0 Å². The second-order valence-corrected chi connectivity index (χ2v) is 4.41. The van der Waals surface area contributed by atoms with Crippen LogP contribution in [0.25, 0.3) is 0 Å². The van der Waals surface area contributed by atoms with Crippen LogP contribution in [0.15, 0.2) is 53.7 Å². The normalized spacial score (nSPS) is 10.8. The molecule has 0 atom stereocenters. The molecular formula is C16H17N5. The van der Waals surface area contributed by atoms with Gasteiger partial charge in [0.1, 0.15) is 0 Å². The first-order valence-electron chi connectivity index (χ1n) is 6.65. The van der Waals surface area contributed by atoms with Gasteiger partial charge in [0.25, 0.3) is 0 Å². The van der Waals surface area contributed by atoms with Gasteiger partial charge in [-0.25, -0.2) is 0 Å². The lowest BCUT2D eigenvalue weighted by atomic mass is 10.1. The molecule has 0 spiro atoms. The Hall–Kier alpha value is -2.87. The number of pyridine rings is 1. The minimum Gasteiger partial charge on any atom is -0.352 e. The highest BCUT2D eigenvalue weighted by molar-refractivity contribution is 5.79. The summed E-state index contributed by atoms with van der Waals surface area (Å²) in [4.78, 5) is 8.41. The standard InChI is InChI=1S/C16H17N5/c1-18-16(21-12-15-7-2-3-8-19-15)20-11-14-6-4-5-13(9-14)10-17/h2-9H,11-12H2,1H3,(H2,18,20,21). The monoisotopic (exact) mass is 279 g/mol. The van der Waals surface area contributed by atoms with Gasteiger partial charge in [0.05, 0.1) is 23.9 Å². The fourth-order valence-corrected chi connectivity index (χ4v) is 1.83. The smallest absolute Gasteiger partial charge is 0.191 e. The first-order chi connectivity index (χ1) is 10.3. The van der Waals surface area contributed by atoms with Crippen molar-refractivity contribution < 1.29 is 0 Å². The van der Waals surface area contributed by atoms with Crippen molar-refractivity contribution in [2.45, 2.75) is 13.1 Å². The molecule has 0 saturated heterocycles. The maximum Gasteiger partial charge on any atom is 0.191 e. The van der Waals surface area contributed by atoms with Gasteiger partial charge in [0, 0.05) is 19.8 Å². The molecule has 1 aromatic carbocycles. The molecule has 0 aliphatic rings. The first kappa shape index (κ1) is 14.5. The summed E-state index contributed by atoms with van der Waals surface area (Å²) >= 11 is 0. The third kappa shape index (κ3) is 4.62. The van der Waals surface area contributed by atoms with E-state index in [1.807, 2.05) is 36.4 Å². The van der Waals surface area contributed by atoms with Crippen LogP contribution in [0.4, 0.5) is 0 Å². The molecule has 21 heavy (non-hydrogen) atoms. The third-order valence-corrected chi connectivity index (χ3v) is 2.90. The van der Waals surface area contributed by atoms with Crippen LogP contribution < -0.4 is 10.6 Å². The summed E-state index contributed by atoms with van der Waals surface area (Å²) in [5.74, 6) is 0.697. The van der Waals surface area contributed by atoms with Crippen molar-refractivity contribution in [3.05, 3.63) is 65.5 Å². The van der Waals surface area contributed by atoms with E-state index in [0.717, 1.165) is 11.3 Å². The molecule has 5 heteroatoms. The topological polar surface area (TPSA) is 73.1 Å². The molecule has 106 valence electrons. The number of aromatic nitrogens is 1. The SMILES string of the molecule is CN=C(NCc1cccc(C#N)c1)NCc1ccccn1. The lowest BCUT2D eigenvalue weighted by Gasteiger charge is -2.11. The van der Waals surface area contributed by atoms with E-state index in [2.05, 4.69) is 26.7 Å². The molecule has 0 fully saturated rings. The zero-order valence-corrected chi connectivity index (χ0v) is 11.9. The van der Waals surface area contributed by atoms with Gasteiger partial charge in [0.15, 0.2) is 5.96 Å². The molecule has 1 heterocycles. The van der Waals surface area contributed by atoms with Gasteiger partial charge in [-0.15, -0.1) is 0 Å². The second kappa shape index (κ2) is 7.65. The van der Waals surface area contributed by atoms with E-state index in [0.29, 0.717) is 24.6 Å². The van der Waals surface area contributed by atoms with Gasteiger partial charge in [-0.3, -0.25) is 9.98 Å². The minimum absolute atomic E-state index is 0.609. The number of guanidine groups is 1. The fraction of sp³-hybridized carbons (Fsp3) is 0.188. The van der Waals surface area contributed by atoms with Crippen molar-refractivity contribution >= 4 is 5.96 Å². The molecule has 5 nitrogen and oxygen atoms in total. The molecule has 2 aromatic rings. The first-order valence-corrected chi connectivity index (χ1v) is 6.65. The van der Waals surface area contributed by atoms with Gasteiger partial charge in [-0.05, 0) is 29.8 Å². The van der Waals surface area contributed by atoms with Crippen LogP contribution in [-0.4, -0.2) is 18.0 Å². The summed E-state index contributed by atoms with van der Waals surface area (Å²) in [6, 6.07) is 15.4. The largest absolute Gasteiger partial charge is 0.352 e. The lowest BCUT2D eigenvalue weighted by molar-refractivity contribution is 0.794. The lowest BCUT2D eigenvalue weighted by Crippen LogP contribution is -2.36. The van der Waals surface area contributed by atoms with Crippen LogP contribution in [0.1, 0.15) is 16.8 Å². The van der Waals surface area contributed by atoms with Crippen molar-refractivity contribution in [3.8, 4) is 6.07 Å². The Labute approximate surface area is 124 Å². The molecule has 0 unspecified atom stereocenters. The molecule has 0 bridgehead atoms. The third-order valence-electron chi connectivity index (χ3n) is 2.90. The van der Waals surface area contributed by atoms with E-state index in [1.165, 1.54) is 0 Å². The number of rotatable bonds is 4. The molecule has 1 aromatic heterocycles. The highest BCUT2D eigenvalue weighted by Crippen LogP contribution is 2.03. The Morgan fingerprint density at radius 2 is 2.05 bits per heavy atom. The maximum absolute atomic E-state index is 8.88. The molecular weight excluding hydrogens is 262 g/mol. The van der Waals surface area contributed by atoms with Gasteiger partial charge in [-0.1, -0.05) is 18.2 Å². The second-order valence-electron chi connectivity index (χ2n) is 4.41. The van der Waals surface area contributed by atoms with Crippen LogP contribution in [0.2, 0.25) is 0 Å². The Balaban J connectivity index is 1.87. The molecule has 0 radical (unpaired) electrons. The van der Waals surface area contributed by atoms with Crippen molar-refractivity contribution in [1.29, 1.82) is 5.26 Å². The number of benzene rings is 1. The average molecular weight is 279 g/mol. The van der Waals surface area contributed by atoms with Gasteiger partial charge in [0.2, 0.25) is 0 Å². The summed E-state index contributed by atoms with van der Waals surface area (Å²) < 4.78 is 0. The zero-order chi connectivity index (χ0) is 14.9. The van der Waals surface area contributed by atoms with Crippen LogP contribution >= 0.6 is 0 Å². The molecule has 2 rings (SSSR count). The van der Waals surface area contributed by atoms with Gasteiger partial charge < -0.3 is 10.6 Å². The predicted molar refractivity (Wildman–Crippen MR) is 82.4 cm³/mol. The van der Waals surface area contributed by atoms with E-state index in [4.69, 9.17) is 5.26 Å². The summed E-state index contributed by atoms with van der Waals surface area (Å²) in [7, 11) is 1.72. The predicted octanol–water partition coefficient (Wildman–Crippen LogP) is 1.82. The Bertz CT molecular complexity index is 643. The summed E-state index contributed by atoms with van der Waals surface area (Å²) in [6.45, 7) is 1.22. The zero-order valence-electron chi connectivity index (χ0n) is 11.9. The van der Waals surface area contributed by atoms with Crippen LogP contribution in [0.5, 0.6) is 0 Å².